The lowest BCUT2D eigenvalue weighted by atomic mass is 10.2. The van der Waals surface area contributed by atoms with Crippen molar-refractivity contribution in [2.24, 2.45) is 7.05 Å². The summed E-state index contributed by atoms with van der Waals surface area (Å²) in [6, 6.07) is 0. The molecule has 1 aromatic heterocycles. The molecule has 0 aliphatic rings. The van der Waals surface area contributed by atoms with Crippen molar-refractivity contribution in [2.45, 2.75) is 19.3 Å². The summed E-state index contributed by atoms with van der Waals surface area (Å²) in [6.07, 6.45) is 9.11. The Bertz CT molecular complexity index is 383. The Balaban J connectivity index is 2.39. The van der Waals surface area contributed by atoms with Crippen molar-refractivity contribution >= 4 is 11.6 Å². The van der Waals surface area contributed by atoms with E-state index in [1.165, 1.54) is 10.9 Å². The largest absolute Gasteiger partial charge is 0.396 e. The number of amides is 1. The van der Waals surface area contributed by atoms with Gasteiger partial charge in [-0.3, -0.25) is 9.48 Å². The van der Waals surface area contributed by atoms with Crippen molar-refractivity contribution in [3.63, 3.8) is 0 Å². The van der Waals surface area contributed by atoms with Crippen molar-refractivity contribution in [3.05, 3.63) is 11.9 Å². The maximum atomic E-state index is 11.7. The molecule has 1 rings (SSSR count). The zero-order valence-corrected chi connectivity index (χ0v) is 9.36. The molecule has 3 N–H and O–H groups in total. The van der Waals surface area contributed by atoms with Gasteiger partial charge in [-0.25, -0.2) is 0 Å². The Kier molecular flexibility index (Phi) is 4.40. The van der Waals surface area contributed by atoms with E-state index in [1.807, 2.05) is 0 Å². The molecule has 5 heteroatoms. The summed E-state index contributed by atoms with van der Waals surface area (Å²) in [4.78, 5) is 11.7. The molecule has 86 valence electrons. The molecule has 1 amide bonds. The summed E-state index contributed by atoms with van der Waals surface area (Å²) in [5, 5.41) is 6.68. The highest BCUT2D eigenvalue weighted by molar-refractivity contribution is 5.97. The van der Waals surface area contributed by atoms with Crippen molar-refractivity contribution in [1.82, 2.24) is 15.1 Å². The number of nitrogen functional groups attached to an aromatic ring is 1. The number of aryl methyl sites for hydroxylation is 1. The van der Waals surface area contributed by atoms with E-state index in [-0.39, 0.29) is 5.91 Å². The third kappa shape index (κ3) is 3.02. The fourth-order valence-electron chi connectivity index (χ4n) is 1.37. The van der Waals surface area contributed by atoms with Crippen LogP contribution in [-0.2, 0) is 7.05 Å². The second-order valence-electron chi connectivity index (χ2n) is 3.49. The van der Waals surface area contributed by atoms with E-state index in [0.29, 0.717) is 17.9 Å². The molecule has 0 atom stereocenters. The van der Waals surface area contributed by atoms with Crippen molar-refractivity contribution in [2.75, 3.05) is 12.3 Å². The molecule has 16 heavy (non-hydrogen) atoms. The molecule has 0 fully saturated rings. The molecule has 1 aromatic rings. The van der Waals surface area contributed by atoms with E-state index in [9.17, 15) is 4.79 Å². The van der Waals surface area contributed by atoms with Crippen LogP contribution in [0.1, 0.15) is 29.8 Å². The number of unbranched alkanes of at least 4 members (excludes halogenated alkanes) is 2. The first-order chi connectivity index (χ1) is 7.66. The molecular weight excluding hydrogens is 204 g/mol. The Labute approximate surface area is 95.0 Å². The number of rotatable bonds is 5. The van der Waals surface area contributed by atoms with Gasteiger partial charge in [-0.2, -0.15) is 5.10 Å². The van der Waals surface area contributed by atoms with Crippen LogP contribution in [0.2, 0.25) is 0 Å². The summed E-state index contributed by atoms with van der Waals surface area (Å²) in [5.41, 5.74) is 6.42. The monoisotopic (exact) mass is 220 g/mol. The summed E-state index contributed by atoms with van der Waals surface area (Å²) in [6.45, 7) is 0.602. The Morgan fingerprint density at radius 3 is 3.00 bits per heavy atom. The minimum atomic E-state index is -0.196. The van der Waals surface area contributed by atoms with Crippen LogP contribution in [0.25, 0.3) is 0 Å². The third-order valence-electron chi connectivity index (χ3n) is 2.22. The molecule has 0 aliphatic heterocycles. The number of carbonyl (C=O) groups excluding carboxylic acids is 1. The summed E-state index contributed by atoms with van der Waals surface area (Å²) >= 11 is 0. The second kappa shape index (κ2) is 5.81. The van der Waals surface area contributed by atoms with E-state index in [0.717, 1.165) is 19.3 Å². The van der Waals surface area contributed by atoms with Crippen LogP contribution >= 0.6 is 0 Å². The fraction of sp³-hybridized carbons (Fsp3) is 0.455. The van der Waals surface area contributed by atoms with Gasteiger partial charge in [0.05, 0.1) is 11.9 Å². The number of nitrogens with one attached hydrogen (secondary N) is 1. The molecule has 0 spiro atoms. The Morgan fingerprint density at radius 1 is 1.69 bits per heavy atom. The molecule has 0 radical (unpaired) electrons. The number of carbonyl (C=O) groups is 1. The molecular formula is C11H16N4O. The minimum absolute atomic E-state index is 0.196. The van der Waals surface area contributed by atoms with Crippen LogP contribution < -0.4 is 11.1 Å². The van der Waals surface area contributed by atoms with Gasteiger partial charge in [-0.15, -0.1) is 12.3 Å². The molecule has 5 nitrogen and oxygen atoms in total. The number of hydrogen-bond donors (Lipinski definition) is 2. The highest BCUT2D eigenvalue weighted by atomic mass is 16.2. The van der Waals surface area contributed by atoms with Gasteiger partial charge in [-0.1, -0.05) is 0 Å². The number of hydrogen-bond acceptors (Lipinski definition) is 3. The van der Waals surface area contributed by atoms with Crippen molar-refractivity contribution in [3.8, 4) is 12.3 Å². The van der Waals surface area contributed by atoms with Crippen LogP contribution in [-0.4, -0.2) is 22.2 Å². The van der Waals surface area contributed by atoms with E-state index >= 15 is 0 Å². The fourth-order valence-corrected chi connectivity index (χ4v) is 1.37. The van der Waals surface area contributed by atoms with Crippen LogP contribution in [0, 0.1) is 12.3 Å². The molecule has 0 saturated carbocycles. The molecule has 0 bridgehead atoms. The van der Waals surface area contributed by atoms with Crippen LogP contribution in [0.4, 0.5) is 5.69 Å². The van der Waals surface area contributed by atoms with Gasteiger partial charge in [0, 0.05) is 20.0 Å². The molecule has 0 saturated heterocycles. The first-order valence-corrected chi connectivity index (χ1v) is 5.16. The second-order valence-corrected chi connectivity index (χ2v) is 3.49. The average molecular weight is 220 g/mol. The Morgan fingerprint density at radius 2 is 2.44 bits per heavy atom. The average Bonchev–Trinajstić information content (AvgIpc) is 2.58. The van der Waals surface area contributed by atoms with E-state index < -0.39 is 0 Å². The minimum Gasteiger partial charge on any atom is -0.396 e. The highest BCUT2D eigenvalue weighted by Crippen LogP contribution is 2.08. The van der Waals surface area contributed by atoms with E-state index in [2.05, 4.69) is 16.3 Å². The van der Waals surface area contributed by atoms with Gasteiger partial charge in [0.25, 0.3) is 5.91 Å². The van der Waals surface area contributed by atoms with Crippen LogP contribution in [0.15, 0.2) is 6.20 Å². The standard InChI is InChI=1S/C11H16N4O/c1-3-4-5-6-7-13-11(16)10-9(12)8-14-15(10)2/h1,8H,4-7,12H2,2H3,(H,13,16). The molecule has 0 aliphatic carbocycles. The van der Waals surface area contributed by atoms with Crippen LogP contribution in [0.5, 0.6) is 0 Å². The third-order valence-corrected chi connectivity index (χ3v) is 2.22. The molecule has 0 aromatic carbocycles. The predicted molar refractivity (Wildman–Crippen MR) is 62.6 cm³/mol. The number of nitrogens with two attached hydrogens (primary N) is 1. The van der Waals surface area contributed by atoms with Crippen LogP contribution in [0.3, 0.4) is 0 Å². The highest BCUT2D eigenvalue weighted by Gasteiger charge is 2.13. The molecule has 1 heterocycles. The quantitative estimate of drug-likeness (QED) is 0.561. The topological polar surface area (TPSA) is 72.9 Å². The van der Waals surface area contributed by atoms with Gasteiger partial charge in [0.1, 0.15) is 5.69 Å². The molecule has 0 unspecified atom stereocenters. The number of nitrogens with zero attached hydrogens (tertiary/aromatic N) is 2. The number of aromatic nitrogens is 2. The SMILES string of the molecule is C#CCCCCNC(=O)c1c(N)cnn1C. The van der Waals surface area contributed by atoms with Gasteiger partial charge in [0.2, 0.25) is 0 Å². The zero-order chi connectivity index (χ0) is 12.0. The first-order valence-electron chi connectivity index (χ1n) is 5.16. The van der Waals surface area contributed by atoms with Gasteiger partial charge >= 0.3 is 0 Å². The zero-order valence-electron chi connectivity index (χ0n) is 9.36. The van der Waals surface area contributed by atoms with Crippen molar-refractivity contribution in [1.29, 1.82) is 0 Å². The maximum Gasteiger partial charge on any atom is 0.271 e. The normalized spacial score (nSPS) is 9.75. The maximum absolute atomic E-state index is 11.7. The smallest absolute Gasteiger partial charge is 0.271 e. The Hall–Kier alpha value is -1.96. The lowest BCUT2D eigenvalue weighted by Crippen LogP contribution is -2.27. The lowest BCUT2D eigenvalue weighted by Gasteiger charge is -2.05. The van der Waals surface area contributed by atoms with E-state index in [1.54, 1.807) is 7.05 Å². The van der Waals surface area contributed by atoms with Gasteiger partial charge in [-0.05, 0) is 12.8 Å². The lowest BCUT2D eigenvalue weighted by molar-refractivity contribution is 0.0944. The number of terminal acetylenes is 1. The van der Waals surface area contributed by atoms with Gasteiger partial charge < -0.3 is 11.1 Å². The van der Waals surface area contributed by atoms with Crippen molar-refractivity contribution < 1.29 is 4.79 Å². The first kappa shape index (κ1) is 12.1. The van der Waals surface area contributed by atoms with Gasteiger partial charge in [0.15, 0.2) is 0 Å². The van der Waals surface area contributed by atoms with E-state index in [4.69, 9.17) is 12.2 Å². The predicted octanol–water partition coefficient (Wildman–Crippen LogP) is 0.536. The summed E-state index contributed by atoms with van der Waals surface area (Å²) in [7, 11) is 1.68. The summed E-state index contributed by atoms with van der Waals surface area (Å²) < 4.78 is 1.46. The number of anilines is 1. The summed E-state index contributed by atoms with van der Waals surface area (Å²) in [5.74, 6) is 2.36.